The molecule has 0 bridgehead atoms. The van der Waals surface area contributed by atoms with Gasteiger partial charge in [0, 0.05) is 61.9 Å². The number of amides is 1. The van der Waals surface area contributed by atoms with Crippen LogP contribution in [0.5, 0.6) is 0 Å². The van der Waals surface area contributed by atoms with Gasteiger partial charge in [0.25, 0.3) is 11.5 Å². The van der Waals surface area contributed by atoms with Gasteiger partial charge in [-0.2, -0.15) is 0 Å². The van der Waals surface area contributed by atoms with Crippen LogP contribution in [0.4, 0.5) is 23.0 Å². The quantitative estimate of drug-likeness (QED) is 0.274. The molecular formula is C35H41N9O4. The highest BCUT2D eigenvalue weighted by Gasteiger charge is 2.34. The van der Waals surface area contributed by atoms with E-state index in [9.17, 15) is 14.7 Å². The Morgan fingerprint density at radius 1 is 1.08 bits per heavy atom. The number of aliphatic hydroxyl groups excluding tert-OH is 1. The van der Waals surface area contributed by atoms with Gasteiger partial charge >= 0.3 is 0 Å². The third-order valence-electron chi connectivity index (χ3n) is 10.2. The number of aryl methyl sites for hydroxylation is 2. The summed E-state index contributed by atoms with van der Waals surface area (Å²) in [5.74, 6) is 0.776. The van der Waals surface area contributed by atoms with Crippen LogP contribution in [-0.2, 0) is 31.2 Å². The van der Waals surface area contributed by atoms with E-state index in [1.807, 2.05) is 29.1 Å². The van der Waals surface area contributed by atoms with Crippen LogP contribution in [0, 0.1) is 0 Å². The molecule has 0 aromatic carbocycles. The van der Waals surface area contributed by atoms with Gasteiger partial charge in [-0.1, -0.05) is 0 Å². The van der Waals surface area contributed by atoms with Crippen LogP contribution in [0.1, 0.15) is 47.1 Å². The van der Waals surface area contributed by atoms with Crippen molar-refractivity contribution in [2.45, 2.75) is 51.3 Å². The molecule has 0 unspecified atom stereocenters. The lowest BCUT2D eigenvalue weighted by Crippen LogP contribution is -2.59. The zero-order valence-corrected chi connectivity index (χ0v) is 27.4. The summed E-state index contributed by atoms with van der Waals surface area (Å²) >= 11 is 0. The molecule has 3 N–H and O–H groups in total. The maximum atomic E-state index is 13.8. The lowest BCUT2D eigenvalue weighted by Gasteiger charge is -2.46. The summed E-state index contributed by atoms with van der Waals surface area (Å²) in [6.45, 7) is 6.67. The van der Waals surface area contributed by atoms with Crippen LogP contribution >= 0.6 is 0 Å². The molecule has 48 heavy (non-hydrogen) atoms. The third-order valence-corrected chi connectivity index (χ3v) is 10.2. The maximum Gasteiger partial charge on any atom is 0.279 e. The fraction of sp³-hybridized carbons (Fsp3) is 0.429. The van der Waals surface area contributed by atoms with Crippen molar-refractivity contribution in [3.8, 4) is 11.1 Å². The van der Waals surface area contributed by atoms with Crippen LogP contribution in [-0.4, -0.2) is 86.7 Å². The van der Waals surface area contributed by atoms with E-state index in [4.69, 9.17) is 4.74 Å². The van der Waals surface area contributed by atoms with Gasteiger partial charge in [0.2, 0.25) is 0 Å². The largest absolute Gasteiger partial charge is 0.392 e. The average molecular weight is 652 g/mol. The van der Waals surface area contributed by atoms with E-state index in [0.717, 1.165) is 64.2 Å². The van der Waals surface area contributed by atoms with E-state index in [2.05, 4.69) is 37.4 Å². The molecule has 250 valence electrons. The smallest absolute Gasteiger partial charge is 0.279 e. The van der Waals surface area contributed by atoms with E-state index < -0.39 is 0 Å². The fourth-order valence-electron chi connectivity index (χ4n) is 7.55. The molecule has 13 heteroatoms. The lowest BCUT2D eigenvalue weighted by molar-refractivity contribution is -0.0691. The number of hydrogen-bond acceptors (Lipinski definition) is 10. The Morgan fingerprint density at radius 3 is 2.69 bits per heavy atom. The predicted molar refractivity (Wildman–Crippen MR) is 183 cm³/mol. The minimum atomic E-state index is -0.338. The summed E-state index contributed by atoms with van der Waals surface area (Å²) in [5, 5.41) is 13.9. The van der Waals surface area contributed by atoms with Gasteiger partial charge in [-0.05, 0) is 74.1 Å². The highest BCUT2D eigenvalue weighted by atomic mass is 16.5. The molecular weight excluding hydrogens is 610 g/mol. The van der Waals surface area contributed by atoms with E-state index in [-0.39, 0.29) is 24.7 Å². The number of carbonyl (C=O) groups is 1. The standard InChI is InChI=1S/C35H41N9O4/c1-22-16-41(26-19-48-20-26)11-12-42(22)25-7-8-32(37-15-25)39-29-13-24(17-40(2)34(29)46)27-9-10-36-33(28(27)18-45)43-21-38-44-30-6-4-3-5-23(30)14-31(44)35(43)47/h7-10,13-15,17,22,26,38,45H,3-6,11-12,16,18-21H2,1-2H3,(H,37,39)/t22-/m0/s1. The highest BCUT2D eigenvalue weighted by Crippen LogP contribution is 2.34. The molecule has 7 heterocycles. The lowest BCUT2D eigenvalue weighted by atomic mass is 9.98. The molecule has 0 radical (unpaired) electrons. The van der Waals surface area contributed by atoms with Crippen LogP contribution in [0.15, 0.2) is 53.7 Å². The summed E-state index contributed by atoms with van der Waals surface area (Å²) in [7, 11) is 1.69. The van der Waals surface area contributed by atoms with Crippen LogP contribution in [0.2, 0.25) is 0 Å². The number of aliphatic hydroxyl groups is 1. The molecule has 2 fully saturated rings. The zero-order chi connectivity index (χ0) is 32.9. The Labute approximate surface area is 278 Å². The van der Waals surface area contributed by atoms with Crippen LogP contribution in [0.3, 0.4) is 0 Å². The monoisotopic (exact) mass is 651 g/mol. The summed E-state index contributed by atoms with van der Waals surface area (Å²) in [6.07, 6.45) is 9.37. The number of fused-ring (bicyclic) bond motifs is 3. The molecule has 1 atom stereocenters. The minimum Gasteiger partial charge on any atom is -0.392 e. The van der Waals surface area contributed by atoms with Gasteiger partial charge in [-0.3, -0.25) is 24.1 Å². The first kappa shape index (κ1) is 30.6. The average Bonchev–Trinajstić information content (AvgIpc) is 3.46. The predicted octanol–water partition coefficient (Wildman–Crippen LogP) is 2.83. The number of hydrogen-bond donors (Lipinski definition) is 3. The van der Waals surface area contributed by atoms with E-state index in [1.165, 1.54) is 15.8 Å². The van der Waals surface area contributed by atoms with Crippen molar-refractivity contribution in [2.75, 3.05) is 60.1 Å². The first-order chi connectivity index (χ1) is 23.4. The Balaban J connectivity index is 1.04. The minimum absolute atomic E-state index is 0.163. The maximum absolute atomic E-state index is 13.8. The number of pyridine rings is 3. The van der Waals surface area contributed by atoms with Crippen molar-refractivity contribution in [3.05, 3.63) is 81.8 Å². The van der Waals surface area contributed by atoms with Gasteiger partial charge < -0.3 is 30.1 Å². The van der Waals surface area contributed by atoms with Crippen molar-refractivity contribution in [1.29, 1.82) is 0 Å². The van der Waals surface area contributed by atoms with Crippen molar-refractivity contribution in [2.24, 2.45) is 7.05 Å². The number of aromatic nitrogens is 4. The number of ether oxygens (including phenoxy) is 1. The summed E-state index contributed by atoms with van der Waals surface area (Å²) in [6, 6.07) is 10.4. The molecule has 4 aliphatic rings. The van der Waals surface area contributed by atoms with Gasteiger partial charge in [-0.15, -0.1) is 0 Å². The zero-order valence-electron chi connectivity index (χ0n) is 27.4. The Hall–Kier alpha value is -4.72. The SMILES string of the molecule is C[C@H]1CN(C2COC2)CCN1c1ccc(Nc2cc(-c3ccnc(N4CNn5c(cc6c5CCCC6)C4=O)c3CO)cn(C)c2=O)nc1. The second-order valence-electron chi connectivity index (χ2n) is 13.2. The Morgan fingerprint density at radius 2 is 1.94 bits per heavy atom. The molecule has 0 saturated carbocycles. The molecule has 3 aliphatic heterocycles. The van der Waals surface area contributed by atoms with Crippen molar-refractivity contribution in [1.82, 2.24) is 24.1 Å². The second kappa shape index (κ2) is 12.4. The van der Waals surface area contributed by atoms with Gasteiger partial charge in [0.15, 0.2) is 0 Å². The molecule has 13 nitrogen and oxygen atoms in total. The molecule has 8 rings (SSSR count). The summed E-state index contributed by atoms with van der Waals surface area (Å²) in [4.78, 5) is 42.7. The Kier molecular flexibility index (Phi) is 7.89. The van der Waals surface area contributed by atoms with Crippen LogP contribution < -0.4 is 26.1 Å². The fourth-order valence-corrected chi connectivity index (χ4v) is 7.55. The topological polar surface area (TPSA) is 133 Å². The number of piperazine rings is 1. The van der Waals surface area contributed by atoms with E-state index in [1.54, 1.807) is 36.5 Å². The van der Waals surface area contributed by atoms with Crippen molar-refractivity contribution >= 4 is 28.9 Å². The molecule has 1 aliphatic carbocycles. The first-order valence-electron chi connectivity index (χ1n) is 16.8. The normalized spacial score (nSPS) is 19.8. The highest BCUT2D eigenvalue weighted by molar-refractivity contribution is 6.06. The number of anilines is 4. The molecule has 4 aromatic rings. The number of carbonyl (C=O) groups excluding carboxylic acids is 1. The Bertz CT molecular complexity index is 1920. The summed E-state index contributed by atoms with van der Waals surface area (Å²) < 4.78 is 8.82. The van der Waals surface area contributed by atoms with Gasteiger partial charge in [-0.25, -0.2) is 9.97 Å². The van der Waals surface area contributed by atoms with E-state index in [0.29, 0.717) is 51.8 Å². The number of rotatable bonds is 7. The molecule has 0 spiro atoms. The first-order valence-corrected chi connectivity index (χ1v) is 16.8. The second-order valence-corrected chi connectivity index (χ2v) is 13.2. The molecule has 4 aromatic heterocycles. The third kappa shape index (κ3) is 5.31. The number of nitrogens with one attached hydrogen (secondary N) is 2. The van der Waals surface area contributed by atoms with E-state index >= 15 is 0 Å². The van der Waals surface area contributed by atoms with Gasteiger partial charge in [0.1, 0.15) is 29.7 Å². The van der Waals surface area contributed by atoms with Gasteiger partial charge in [0.05, 0.1) is 37.7 Å². The number of nitrogens with zero attached hydrogens (tertiary/aromatic N) is 7. The molecule has 1 amide bonds. The van der Waals surface area contributed by atoms with Crippen molar-refractivity contribution in [3.63, 3.8) is 0 Å². The van der Waals surface area contributed by atoms with Crippen LogP contribution in [0.25, 0.3) is 11.1 Å². The summed E-state index contributed by atoms with van der Waals surface area (Å²) in [5.41, 5.74) is 9.41. The molecule has 2 saturated heterocycles. The van der Waals surface area contributed by atoms with Crippen molar-refractivity contribution < 1.29 is 14.6 Å².